The van der Waals surface area contributed by atoms with E-state index in [1.54, 1.807) is 12.1 Å². The molecule has 4 N–H and O–H groups in total. The van der Waals surface area contributed by atoms with Gasteiger partial charge in [0.2, 0.25) is 5.60 Å². The first-order valence-electron chi connectivity index (χ1n) is 9.47. The number of amides is 1. The Hall–Kier alpha value is -2.58. The van der Waals surface area contributed by atoms with Gasteiger partial charge in [0.15, 0.2) is 0 Å². The number of hydrogen-bond donors (Lipinski definition) is 3. The van der Waals surface area contributed by atoms with Crippen LogP contribution in [0.4, 0.5) is 29.3 Å². The van der Waals surface area contributed by atoms with Crippen molar-refractivity contribution in [2.45, 2.75) is 58.2 Å². The van der Waals surface area contributed by atoms with Gasteiger partial charge < -0.3 is 20.5 Å². The molecule has 1 aromatic rings. The summed E-state index contributed by atoms with van der Waals surface area (Å²) in [6, 6.07) is 4.70. The third-order valence-electron chi connectivity index (χ3n) is 3.74. The lowest BCUT2D eigenvalue weighted by molar-refractivity contribution is -0.242. The maximum atomic E-state index is 12.6. The minimum Gasteiger partial charge on any atom is -0.490 e. The van der Waals surface area contributed by atoms with E-state index in [0.29, 0.717) is 30.3 Å². The van der Waals surface area contributed by atoms with Crippen LogP contribution in [0.15, 0.2) is 30.5 Å². The van der Waals surface area contributed by atoms with Gasteiger partial charge in [0, 0.05) is 17.9 Å². The van der Waals surface area contributed by atoms with Crippen LogP contribution in [0.2, 0.25) is 0 Å². The summed E-state index contributed by atoms with van der Waals surface area (Å²) < 4.78 is 47.7. The first kappa shape index (κ1) is 24.5. The number of carbonyl (C=O) groups excluding carboxylic acids is 1. The number of benzene rings is 1. The van der Waals surface area contributed by atoms with Crippen LogP contribution < -0.4 is 21.1 Å². The predicted octanol–water partition coefficient (Wildman–Crippen LogP) is 5.42. The molecule has 1 fully saturated rings. The van der Waals surface area contributed by atoms with Gasteiger partial charge in [0.25, 0.3) is 0 Å². The fourth-order valence-electron chi connectivity index (χ4n) is 1.65. The van der Waals surface area contributed by atoms with Crippen molar-refractivity contribution in [3.8, 4) is 5.75 Å². The van der Waals surface area contributed by atoms with Gasteiger partial charge in [-0.3, -0.25) is 5.32 Å². The van der Waals surface area contributed by atoms with Gasteiger partial charge in [0.05, 0.1) is 5.69 Å². The summed E-state index contributed by atoms with van der Waals surface area (Å²) in [5.41, 5.74) is 4.26. The molecular weight excluding hydrogens is 387 g/mol. The molecule has 1 amide bonds. The molecule has 1 saturated carbocycles. The van der Waals surface area contributed by atoms with Crippen molar-refractivity contribution in [1.82, 2.24) is 0 Å². The van der Waals surface area contributed by atoms with Crippen LogP contribution in [0, 0.1) is 0 Å². The highest BCUT2D eigenvalue weighted by Crippen LogP contribution is 2.34. The van der Waals surface area contributed by atoms with E-state index >= 15 is 0 Å². The number of anilines is 2. The highest BCUT2D eigenvalue weighted by molar-refractivity contribution is 5.86. The number of hydrogen-bond acceptors (Lipinski definition) is 5. The minimum atomic E-state index is -4.64. The van der Waals surface area contributed by atoms with E-state index in [4.69, 9.17) is 10.5 Å². The van der Waals surface area contributed by atoms with Crippen LogP contribution in [-0.4, -0.2) is 31.0 Å². The van der Waals surface area contributed by atoms with Crippen LogP contribution in [0.1, 0.15) is 46.5 Å². The van der Waals surface area contributed by atoms with Crippen LogP contribution >= 0.6 is 0 Å². The average Bonchev–Trinajstić information content (AvgIpc) is 3.49. The van der Waals surface area contributed by atoms with Crippen LogP contribution in [-0.2, 0) is 4.74 Å². The molecule has 1 aromatic carbocycles. The summed E-state index contributed by atoms with van der Waals surface area (Å²) in [6.07, 6.45) is -0.427. The average molecular weight is 417 g/mol. The van der Waals surface area contributed by atoms with Crippen molar-refractivity contribution in [3.63, 3.8) is 0 Å². The molecule has 29 heavy (non-hydrogen) atoms. The lowest BCUT2D eigenvalue weighted by Crippen LogP contribution is -2.44. The molecule has 0 spiro atoms. The van der Waals surface area contributed by atoms with Gasteiger partial charge in [-0.05, 0) is 38.5 Å². The number of halogens is 3. The Balaban J connectivity index is 0.000000440. The summed E-state index contributed by atoms with van der Waals surface area (Å²) in [7, 11) is 0. The Morgan fingerprint density at radius 1 is 1.31 bits per heavy atom. The highest BCUT2D eigenvalue weighted by Gasteiger charge is 2.50. The standard InChI is InChI=1S/C13H15F3N2O3.C4H9N.C3H6/c1-12(2,13(14,15)16)21-11(19)18-8-3-4-10-9(7-8)17-5-6-20-10;1-3-4(2)5;1-2-3-1/h3-4,7,17H,5-6H2,1-2H3,(H,18,19);2-3,5H2,1H3;1-3H2. The van der Waals surface area contributed by atoms with E-state index in [0.717, 1.165) is 26.0 Å². The SMILES string of the molecule is C1CC1.C=C(N)CC.CC(C)(OC(=O)Nc1ccc2c(c1)NCCO2)C(F)(F)F. The van der Waals surface area contributed by atoms with Gasteiger partial charge >= 0.3 is 12.3 Å². The molecule has 2 aliphatic rings. The van der Waals surface area contributed by atoms with Crippen molar-refractivity contribution >= 4 is 17.5 Å². The fraction of sp³-hybridized carbons (Fsp3) is 0.550. The molecule has 0 aromatic heterocycles. The summed E-state index contributed by atoms with van der Waals surface area (Å²) in [5, 5.41) is 5.32. The van der Waals surface area contributed by atoms with Gasteiger partial charge in [-0.2, -0.15) is 13.2 Å². The second-order valence-electron chi connectivity index (χ2n) is 7.08. The fourth-order valence-corrected chi connectivity index (χ4v) is 1.65. The van der Waals surface area contributed by atoms with E-state index in [2.05, 4.69) is 21.9 Å². The minimum absolute atomic E-state index is 0.315. The van der Waals surface area contributed by atoms with E-state index < -0.39 is 17.9 Å². The van der Waals surface area contributed by atoms with Crippen LogP contribution in [0.5, 0.6) is 5.75 Å². The number of nitrogens with two attached hydrogens (primary N) is 1. The molecule has 0 bridgehead atoms. The second-order valence-corrected chi connectivity index (χ2v) is 7.08. The van der Waals surface area contributed by atoms with Gasteiger partial charge in [0.1, 0.15) is 12.4 Å². The van der Waals surface area contributed by atoms with E-state index in [1.807, 2.05) is 6.92 Å². The lowest BCUT2D eigenvalue weighted by atomic mass is 10.1. The lowest BCUT2D eigenvalue weighted by Gasteiger charge is -2.27. The Bertz CT molecular complexity index is 687. The monoisotopic (exact) mass is 417 g/mol. The summed E-state index contributed by atoms with van der Waals surface area (Å²) in [6.45, 7) is 8.14. The van der Waals surface area contributed by atoms with E-state index in [9.17, 15) is 18.0 Å². The molecule has 0 saturated heterocycles. The number of fused-ring (bicyclic) bond motifs is 1. The Labute approximate surface area is 169 Å². The first-order valence-corrected chi connectivity index (χ1v) is 9.47. The van der Waals surface area contributed by atoms with Crippen molar-refractivity contribution in [1.29, 1.82) is 0 Å². The molecule has 9 heteroatoms. The van der Waals surface area contributed by atoms with Crippen molar-refractivity contribution in [2.24, 2.45) is 5.73 Å². The predicted molar refractivity (Wildman–Crippen MR) is 108 cm³/mol. The van der Waals surface area contributed by atoms with Gasteiger partial charge in [-0.15, -0.1) is 0 Å². The van der Waals surface area contributed by atoms with Crippen molar-refractivity contribution < 1.29 is 27.4 Å². The number of allylic oxidation sites excluding steroid dienone is 1. The largest absolute Gasteiger partial charge is 0.490 e. The number of alkyl halides is 3. The van der Waals surface area contributed by atoms with E-state index in [1.165, 1.54) is 25.3 Å². The zero-order valence-corrected chi connectivity index (χ0v) is 17.1. The third-order valence-corrected chi connectivity index (χ3v) is 3.74. The summed E-state index contributed by atoms with van der Waals surface area (Å²) >= 11 is 0. The number of ether oxygens (including phenoxy) is 2. The maximum absolute atomic E-state index is 12.6. The molecule has 0 atom stereocenters. The van der Waals surface area contributed by atoms with E-state index in [-0.39, 0.29) is 0 Å². The molecule has 0 unspecified atom stereocenters. The zero-order valence-electron chi connectivity index (χ0n) is 17.1. The molecule has 1 aliphatic carbocycles. The van der Waals surface area contributed by atoms with Crippen LogP contribution in [0.3, 0.4) is 0 Å². The normalized spacial score (nSPS) is 14.3. The number of rotatable bonds is 3. The first-order chi connectivity index (χ1) is 13.5. The van der Waals surface area contributed by atoms with Crippen molar-refractivity contribution in [2.75, 3.05) is 23.8 Å². The number of carbonyl (C=O) groups is 1. The third kappa shape index (κ3) is 9.45. The molecule has 0 radical (unpaired) electrons. The highest BCUT2D eigenvalue weighted by atomic mass is 19.4. The quantitative estimate of drug-likeness (QED) is 0.611. The summed E-state index contributed by atoms with van der Waals surface area (Å²) in [5.74, 6) is 0.621. The Morgan fingerprint density at radius 2 is 1.90 bits per heavy atom. The topological polar surface area (TPSA) is 85.6 Å². The molecular formula is C20H30F3N3O3. The van der Waals surface area contributed by atoms with Crippen LogP contribution in [0.25, 0.3) is 0 Å². The molecule has 1 aliphatic heterocycles. The second kappa shape index (κ2) is 10.8. The molecule has 164 valence electrons. The maximum Gasteiger partial charge on any atom is 0.427 e. The zero-order chi connectivity index (χ0) is 22.1. The Morgan fingerprint density at radius 3 is 2.38 bits per heavy atom. The van der Waals surface area contributed by atoms with Gasteiger partial charge in [-0.25, -0.2) is 4.79 Å². The Kier molecular flexibility index (Phi) is 9.13. The number of nitrogens with one attached hydrogen (secondary N) is 2. The molecule has 1 heterocycles. The smallest absolute Gasteiger partial charge is 0.427 e. The van der Waals surface area contributed by atoms with Crippen molar-refractivity contribution in [3.05, 3.63) is 30.5 Å². The summed E-state index contributed by atoms with van der Waals surface area (Å²) in [4.78, 5) is 11.6. The van der Waals surface area contributed by atoms with Gasteiger partial charge in [-0.1, -0.05) is 32.8 Å². The molecule has 6 nitrogen and oxygen atoms in total. The molecule has 3 rings (SSSR count).